The molecule has 0 spiro atoms. The summed E-state index contributed by atoms with van der Waals surface area (Å²) in [5, 5.41) is 35.5. The topological polar surface area (TPSA) is 116 Å². The van der Waals surface area contributed by atoms with E-state index in [1.54, 1.807) is 11.1 Å². The number of ketones is 1. The summed E-state index contributed by atoms with van der Waals surface area (Å²) in [5.41, 5.74) is 4.38. The molecule has 9 aliphatic rings. The first kappa shape index (κ1) is 40.1. The number of fused-ring (bicyclic) bond motifs is 10. The number of rotatable bonds is 3. The van der Waals surface area contributed by atoms with E-state index in [0.29, 0.717) is 33.9 Å². The van der Waals surface area contributed by atoms with Gasteiger partial charge in [0.15, 0.2) is 5.79 Å². The van der Waals surface area contributed by atoms with Crippen LogP contribution in [0.5, 0.6) is 0 Å². The molecule has 0 aromatic carbocycles. The molecule has 0 amide bonds. The fourth-order valence-electron chi connectivity index (χ4n) is 15.5. The van der Waals surface area contributed by atoms with Gasteiger partial charge in [0.05, 0.1) is 38.6 Å². The lowest BCUT2D eigenvalue weighted by Crippen LogP contribution is -2.53. The van der Waals surface area contributed by atoms with Crippen LogP contribution in [0.4, 0.5) is 0 Å². The molecule has 1 saturated heterocycles. The monoisotopic (exact) mass is 739 g/mol. The summed E-state index contributed by atoms with van der Waals surface area (Å²) in [4.78, 5) is 12.2. The SMILES string of the molecule is CC(=O)[C@H]1CC[C@H]2[C@@H]3CC=C4C[C@@H](O)CC[C@]4(C)[C@H]3CC[C@]12C.CC1([C@H]2CC[C@H]3[C@@H]4CC=C5C[C@@H](O)CC[C@]5(C)[C@H]4CC[C@]23C)OCCO1.OCCO. The second kappa shape index (κ2) is 15.0. The highest BCUT2D eigenvalue weighted by atomic mass is 16.7. The van der Waals surface area contributed by atoms with Crippen molar-refractivity contribution >= 4 is 5.78 Å². The van der Waals surface area contributed by atoms with Gasteiger partial charge < -0.3 is 29.9 Å². The maximum Gasteiger partial charge on any atom is 0.169 e. The number of allylic oxidation sites excluding steroid dienone is 2. The van der Waals surface area contributed by atoms with E-state index in [1.165, 1.54) is 64.2 Å². The van der Waals surface area contributed by atoms with Crippen LogP contribution in [0.25, 0.3) is 0 Å². The van der Waals surface area contributed by atoms with Crippen molar-refractivity contribution in [2.75, 3.05) is 26.4 Å². The van der Waals surface area contributed by atoms with Gasteiger partial charge >= 0.3 is 0 Å². The van der Waals surface area contributed by atoms with E-state index in [1.807, 2.05) is 6.92 Å². The Bertz CT molecular complexity index is 1400. The predicted octanol–water partition coefficient (Wildman–Crippen LogP) is 8.18. The van der Waals surface area contributed by atoms with Gasteiger partial charge in [0.2, 0.25) is 0 Å². The number of hydrogen-bond acceptors (Lipinski definition) is 7. The van der Waals surface area contributed by atoms with Crippen molar-refractivity contribution < 1.29 is 34.7 Å². The summed E-state index contributed by atoms with van der Waals surface area (Å²) in [5.74, 6) is 5.61. The van der Waals surface area contributed by atoms with Gasteiger partial charge in [0.1, 0.15) is 5.78 Å². The third kappa shape index (κ3) is 6.69. The number of carbonyl (C=O) groups is 1. The van der Waals surface area contributed by atoms with Crippen molar-refractivity contribution in [2.24, 2.45) is 69.0 Å². The van der Waals surface area contributed by atoms with E-state index in [4.69, 9.17) is 19.7 Å². The first-order valence-electron chi connectivity index (χ1n) is 21.9. The van der Waals surface area contributed by atoms with Crippen LogP contribution in [-0.2, 0) is 14.3 Å². The molecule has 7 nitrogen and oxygen atoms in total. The minimum Gasteiger partial charge on any atom is -0.394 e. The van der Waals surface area contributed by atoms with Crippen LogP contribution in [0.1, 0.15) is 144 Å². The highest BCUT2D eigenvalue weighted by Crippen LogP contribution is 2.69. The Morgan fingerprint density at radius 3 is 1.60 bits per heavy atom. The Morgan fingerprint density at radius 2 is 1.11 bits per heavy atom. The van der Waals surface area contributed by atoms with E-state index in [-0.39, 0.29) is 36.6 Å². The molecule has 0 aromatic rings. The van der Waals surface area contributed by atoms with Crippen LogP contribution >= 0.6 is 0 Å². The van der Waals surface area contributed by atoms with Gasteiger partial charge in [-0.3, -0.25) is 4.79 Å². The number of aliphatic hydroxyl groups excluding tert-OH is 4. The average molecular weight is 739 g/mol. The summed E-state index contributed by atoms with van der Waals surface area (Å²) >= 11 is 0. The van der Waals surface area contributed by atoms with Crippen LogP contribution in [0.2, 0.25) is 0 Å². The van der Waals surface area contributed by atoms with E-state index in [2.05, 4.69) is 46.8 Å². The van der Waals surface area contributed by atoms with E-state index in [0.717, 1.165) is 87.2 Å². The summed E-state index contributed by atoms with van der Waals surface area (Å²) < 4.78 is 12.3. The highest BCUT2D eigenvalue weighted by Gasteiger charge is 2.63. The molecular formula is C46H74O7. The lowest BCUT2D eigenvalue weighted by atomic mass is 9.47. The highest BCUT2D eigenvalue weighted by molar-refractivity contribution is 5.79. The van der Waals surface area contributed by atoms with E-state index < -0.39 is 0 Å². The normalized spacial score (nSPS) is 49.1. The summed E-state index contributed by atoms with van der Waals surface area (Å²) in [6, 6.07) is 0. The van der Waals surface area contributed by atoms with Crippen LogP contribution < -0.4 is 0 Å². The Balaban J connectivity index is 0.000000150. The zero-order chi connectivity index (χ0) is 38.0. The molecule has 1 aliphatic heterocycles. The van der Waals surface area contributed by atoms with Crippen molar-refractivity contribution in [1.82, 2.24) is 0 Å². The maximum absolute atomic E-state index is 12.2. The molecule has 6 saturated carbocycles. The van der Waals surface area contributed by atoms with Crippen molar-refractivity contribution in [2.45, 2.75) is 162 Å². The summed E-state index contributed by atoms with van der Waals surface area (Å²) in [7, 11) is 0. The number of Topliss-reactive ketones (excluding diaryl/α,β-unsaturated/α-hetero) is 1. The van der Waals surface area contributed by atoms with Gasteiger partial charge in [0, 0.05) is 11.8 Å². The molecule has 4 N–H and O–H groups in total. The molecule has 7 fully saturated rings. The van der Waals surface area contributed by atoms with E-state index in [9.17, 15) is 15.0 Å². The largest absolute Gasteiger partial charge is 0.394 e. The standard InChI is InChI=1S/C23H36O3.C21H32O2.C2H6O2/c1-21-10-8-16(24)14-15(21)4-5-17-18-6-7-20(23(3)25-12-13-26-23)22(18,2)11-9-19(17)21;1-13(22)17-6-7-18-16-5-4-14-12-15(23)8-10-20(14,2)19(16)9-11-21(17,18)3;3-1-2-4/h4,16-20,24H,5-14H2,1-3H3;4,15-19,23H,5-12H2,1-3H3;3-4H,1-2H2/t16-,17-,18-,19-,20-,21-,22-;15-,16-,17+,18-,19-,20-,21+;/m00./s1. The minimum absolute atomic E-state index is 0.104. The molecule has 300 valence electrons. The number of carbonyl (C=O) groups excluding carboxylic acids is 1. The van der Waals surface area contributed by atoms with Gasteiger partial charge in [-0.25, -0.2) is 0 Å². The second-order valence-corrected chi connectivity index (χ2v) is 20.4. The fourth-order valence-corrected chi connectivity index (χ4v) is 15.5. The Morgan fingerprint density at radius 1 is 0.642 bits per heavy atom. The van der Waals surface area contributed by atoms with Crippen LogP contribution in [-0.4, -0.2) is 70.6 Å². The summed E-state index contributed by atoms with van der Waals surface area (Å²) in [6.45, 7) is 15.2. The van der Waals surface area contributed by atoms with Gasteiger partial charge in [-0.15, -0.1) is 0 Å². The molecular weight excluding hydrogens is 664 g/mol. The second-order valence-electron chi connectivity index (χ2n) is 20.4. The molecule has 8 aliphatic carbocycles. The lowest BCUT2D eigenvalue weighted by Gasteiger charge is -2.58. The van der Waals surface area contributed by atoms with Gasteiger partial charge in [-0.05, 0) is 174 Å². The van der Waals surface area contributed by atoms with E-state index >= 15 is 0 Å². The molecule has 7 heteroatoms. The third-order valence-corrected chi connectivity index (χ3v) is 18.2. The van der Waals surface area contributed by atoms with Gasteiger partial charge in [0.25, 0.3) is 0 Å². The maximum atomic E-state index is 12.2. The third-order valence-electron chi connectivity index (χ3n) is 18.2. The predicted molar refractivity (Wildman–Crippen MR) is 208 cm³/mol. The Hall–Kier alpha value is -1.09. The molecule has 0 unspecified atom stereocenters. The molecule has 9 rings (SSSR count). The van der Waals surface area contributed by atoms with Crippen molar-refractivity contribution in [1.29, 1.82) is 0 Å². The number of ether oxygens (including phenoxy) is 2. The molecule has 0 bridgehead atoms. The van der Waals surface area contributed by atoms with Crippen LogP contribution in [0, 0.1) is 69.0 Å². The number of aliphatic hydroxyl groups is 4. The van der Waals surface area contributed by atoms with Crippen LogP contribution in [0.3, 0.4) is 0 Å². The zero-order valence-corrected chi connectivity index (χ0v) is 34.1. The molecule has 14 atom stereocenters. The zero-order valence-electron chi connectivity index (χ0n) is 34.1. The smallest absolute Gasteiger partial charge is 0.169 e. The molecule has 0 aromatic heterocycles. The fraction of sp³-hybridized carbons (Fsp3) is 0.891. The molecule has 1 heterocycles. The van der Waals surface area contributed by atoms with Crippen molar-refractivity contribution in [3.05, 3.63) is 23.3 Å². The van der Waals surface area contributed by atoms with Crippen molar-refractivity contribution in [3.8, 4) is 0 Å². The Labute approximate surface area is 320 Å². The minimum atomic E-state index is -0.356. The first-order chi connectivity index (χ1) is 25.1. The molecule has 0 radical (unpaired) electrons. The average Bonchev–Trinajstić information content (AvgIpc) is 3.84. The van der Waals surface area contributed by atoms with Gasteiger partial charge in [-0.2, -0.15) is 0 Å². The Kier molecular flexibility index (Phi) is 11.4. The number of hydrogen-bond donors (Lipinski definition) is 4. The lowest BCUT2D eigenvalue weighted by molar-refractivity contribution is -0.214. The summed E-state index contributed by atoms with van der Waals surface area (Å²) in [6.07, 6.45) is 23.5. The molecule has 53 heavy (non-hydrogen) atoms. The first-order valence-corrected chi connectivity index (χ1v) is 21.9. The van der Waals surface area contributed by atoms with Crippen LogP contribution in [0.15, 0.2) is 23.3 Å². The quantitative estimate of drug-likeness (QED) is 0.216. The van der Waals surface area contributed by atoms with Crippen molar-refractivity contribution in [3.63, 3.8) is 0 Å². The van der Waals surface area contributed by atoms with Gasteiger partial charge in [-0.1, -0.05) is 51.0 Å².